The second kappa shape index (κ2) is 5.29. The van der Waals surface area contributed by atoms with Gasteiger partial charge in [-0.05, 0) is 36.2 Å². The van der Waals surface area contributed by atoms with Gasteiger partial charge in [-0.2, -0.15) is 0 Å². The average molecular weight is 250 g/mol. The highest BCUT2D eigenvalue weighted by molar-refractivity contribution is 5.83. The summed E-state index contributed by atoms with van der Waals surface area (Å²) in [4.78, 5) is 3.34. The van der Waals surface area contributed by atoms with E-state index in [-0.39, 0.29) is 0 Å². The van der Waals surface area contributed by atoms with Crippen molar-refractivity contribution < 1.29 is 0 Å². The molecule has 19 heavy (non-hydrogen) atoms. The molecule has 1 aromatic heterocycles. The van der Waals surface area contributed by atoms with Crippen LogP contribution in [-0.2, 0) is 13.0 Å². The lowest BCUT2D eigenvalue weighted by molar-refractivity contribution is 0.816. The molecule has 0 bridgehead atoms. The van der Waals surface area contributed by atoms with E-state index in [2.05, 4.69) is 65.0 Å². The molecular weight excluding hydrogens is 232 g/mol. The first-order valence-electron chi connectivity index (χ1n) is 6.64. The molecule has 2 N–H and O–H groups in total. The average Bonchev–Trinajstić information content (AvgIpc) is 2.83. The molecule has 0 saturated heterocycles. The zero-order chi connectivity index (χ0) is 13.1. The van der Waals surface area contributed by atoms with Gasteiger partial charge in [0.1, 0.15) is 0 Å². The molecule has 0 aliphatic rings. The van der Waals surface area contributed by atoms with E-state index in [0.29, 0.717) is 0 Å². The van der Waals surface area contributed by atoms with Gasteiger partial charge < -0.3 is 10.3 Å². The molecule has 0 atom stereocenters. The van der Waals surface area contributed by atoms with E-state index in [4.69, 9.17) is 0 Å². The Morgan fingerprint density at radius 1 is 1.00 bits per heavy atom. The van der Waals surface area contributed by atoms with Gasteiger partial charge in [-0.25, -0.2) is 0 Å². The van der Waals surface area contributed by atoms with Crippen LogP contribution in [0.25, 0.3) is 10.9 Å². The zero-order valence-corrected chi connectivity index (χ0v) is 11.1. The number of para-hydroxylation sites is 1. The van der Waals surface area contributed by atoms with Crippen LogP contribution in [0.4, 0.5) is 0 Å². The minimum atomic E-state index is 0.918. The summed E-state index contributed by atoms with van der Waals surface area (Å²) in [5.41, 5.74) is 5.26. The predicted molar refractivity (Wildman–Crippen MR) is 80.3 cm³/mol. The van der Waals surface area contributed by atoms with Gasteiger partial charge in [0.15, 0.2) is 0 Å². The fourth-order valence-electron chi connectivity index (χ4n) is 2.55. The molecule has 0 aliphatic carbocycles. The standard InChI is InChI=1S/C17H18N2/c1-18-11-14-6-4-5-13(9-14)10-15-12-19-17-8-3-2-7-16(15)17/h2-9,12,18-19H,10-11H2,1H3. The van der Waals surface area contributed by atoms with Crippen LogP contribution in [0.2, 0.25) is 0 Å². The van der Waals surface area contributed by atoms with Crippen LogP contribution >= 0.6 is 0 Å². The summed E-state index contributed by atoms with van der Waals surface area (Å²) in [6, 6.07) is 17.2. The van der Waals surface area contributed by atoms with Crippen molar-refractivity contribution in [1.82, 2.24) is 10.3 Å². The minimum Gasteiger partial charge on any atom is -0.361 e. The maximum atomic E-state index is 3.34. The van der Waals surface area contributed by atoms with E-state index in [9.17, 15) is 0 Å². The number of aromatic nitrogens is 1. The molecule has 0 spiro atoms. The molecule has 1 heterocycles. The zero-order valence-electron chi connectivity index (χ0n) is 11.1. The lowest BCUT2D eigenvalue weighted by Crippen LogP contribution is -2.05. The molecule has 2 heteroatoms. The summed E-state index contributed by atoms with van der Waals surface area (Å²) in [5.74, 6) is 0. The van der Waals surface area contributed by atoms with E-state index in [0.717, 1.165) is 13.0 Å². The molecule has 96 valence electrons. The van der Waals surface area contributed by atoms with Gasteiger partial charge in [0.25, 0.3) is 0 Å². The smallest absolute Gasteiger partial charge is 0.0456 e. The quantitative estimate of drug-likeness (QED) is 0.729. The van der Waals surface area contributed by atoms with E-state index >= 15 is 0 Å². The van der Waals surface area contributed by atoms with Gasteiger partial charge >= 0.3 is 0 Å². The SMILES string of the molecule is CNCc1cccc(Cc2c[nH]c3ccccc23)c1. The van der Waals surface area contributed by atoms with Crippen LogP contribution < -0.4 is 5.32 Å². The third-order valence-corrected chi connectivity index (χ3v) is 3.44. The Morgan fingerprint density at radius 2 is 1.84 bits per heavy atom. The molecule has 0 aliphatic heterocycles. The summed E-state index contributed by atoms with van der Waals surface area (Å²) in [5, 5.41) is 4.51. The van der Waals surface area contributed by atoms with Crippen LogP contribution in [0.3, 0.4) is 0 Å². The maximum absolute atomic E-state index is 3.34. The van der Waals surface area contributed by atoms with E-state index in [1.54, 1.807) is 0 Å². The molecule has 0 radical (unpaired) electrons. The fourth-order valence-corrected chi connectivity index (χ4v) is 2.55. The monoisotopic (exact) mass is 250 g/mol. The third-order valence-electron chi connectivity index (χ3n) is 3.44. The Balaban J connectivity index is 1.90. The van der Waals surface area contributed by atoms with Crippen LogP contribution in [0.15, 0.2) is 54.7 Å². The number of aromatic amines is 1. The van der Waals surface area contributed by atoms with Crippen molar-refractivity contribution in [2.24, 2.45) is 0 Å². The van der Waals surface area contributed by atoms with Crippen molar-refractivity contribution in [2.45, 2.75) is 13.0 Å². The summed E-state index contributed by atoms with van der Waals surface area (Å²) in [7, 11) is 1.98. The number of benzene rings is 2. The van der Waals surface area contributed by atoms with Crippen molar-refractivity contribution in [3.63, 3.8) is 0 Å². The van der Waals surface area contributed by atoms with Crippen LogP contribution in [0.5, 0.6) is 0 Å². The molecule has 0 saturated carbocycles. The van der Waals surface area contributed by atoms with E-state index in [1.165, 1.54) is 27.6 Å². The summed E-state index contributed by atoms with van der Waals surface area (Å²) in [6.45, 7) is 0.918. The Morgan fingerprint density at radius 3 is 2.74 bits per heavy atom. The lowest BCUT2D eigenvalue weighted by atomic mass is 10.0. The highest BCUT2D eigenvalue weighted by atomic mass is 14.8. The van der Waals surface area contributed by atoms with Gasteiger partial charge in [-0.1, -0.05) is 42.5 Å². The maximum Gasteiger partial charge on any atom is 0.0456 e. The highest BCUT2D eigenvalue weighted by Crippen LogP contribution is 2.21. The summed E-state index contributed by atoms with van der Waals surface area (Å²) < 4.78 is 0. The van der Waals surface area contributed by atoms with E-state index in [1.807, 2.05) is 7.05 Å². The molecule has 3 aromatic rings. The molecule has 0 fully saturated rings. The molecule has 0 unspecified atom stereocenters. The van der Waals surface area contributed by atoms with Gasteiger partial charge in [0.05, 0.1) is 0 Å². The van der Waals surface area contributed by atoms with Crippen molar-refractivity contribution in [1.29, 1.82) is 0 Å². The van der Waals surface area contributed by atoms with Crippen molar-refractivity contribution in [2.75, 3.05) is 7.05 Å². The molecular formula is C17H18N2. The number of hydrogen-bond donors (Lipinski definition) is 2. The second-order valence-corrected chi connectivity index (χ2v) is 4.89. The Kier molecular flexibility index (Phi) is 3.34. The van der Waals surface area contributed by atoms with Crippen molar-refractivity contribution in [3.05, 3.63) is 71.4 Å². The normalized spacial score (nSPS) is 11.0. The fraction of sp³-hybridized carbons (Fsp3) is 0.176. The largest absolute Gasteiger partial charge is 0.361 e. The van der Waals surface area contributed by atoms with Crippen LogP contribution in [0.1, 0.15) is 16.7 Å². The molecule has 2 aromatic carbocycles. The first-order valence-corrected chi connectivity index (χ1v) is 6.64. The Bertz CT molecular complexity index is 682. The van der Waals surface area contributed by atoms with Crippen LogP contribution in [0, 0.1) is 0 Å². The molecule has 0 amide bonds. The Labute approximate surface area is 113 Å². The number of rotatable bonds is 4. The van der Waals surface area contributed by atoms with Crippen molar-refractivity contribution in [3.8, 4) is 0 Å². The number of nitrogens with one attached hydrogen (secondary N) is 2. The summed E-state index contributed by atoms with van der Waals surface area (Å²) in [6.07, 6.45) is 3.09. The third kappa shape index (κ3) is 2.54. The predicted octanol–water partition coefficient (Wildman–Crippen LogP) is 3.48. The topological polar surface area (TPSA) is 27.8 Å². The van der Waals surface area contributed by atoms with Crippen LogP contribution in [-0.4, -0.2) is 12.0 Å². The van der Waals surface area contributed by atoms with Gasteiger partial charge in [0, 0.05) is 23.6 Å². The minimum absolute atomic E-state index is 0.918. The van der Waals surface area contributed by atoms with Crippen molar-refractivity contribution >= 4 is 10.9 Å². The van der Waals surface area contributed by atoms with Gasteiger partial charge in [0.2, 0.25) is 0 Å². The molecule has 3 rings (SSSR count). The number of hydrogen-bond acceptors (Lipinski definition) is 1. The van der Waals surface area contributed by atoms with E-state index < -0.39 is 0 Å². The molecule has 2 nitrogen and oxygen atoms in total. The van der Waals surface area contributed by atoms with Gasteiger partial charge in [-0.3, -0.25) is 0 Å². The second-order valence-electron chi connectivity index (χ2n) is 4.89. The van der Waals surface area contributed by atoms with Gasteiger partial charge in [-0.15, -0.1) is 0 Å². The lowest BCUT2D eigenvalue weighted by Gasteiger charge is -2.04. The summed E-state index contributed by atoms with van der Waals surface area (Å²) >= 11 is 0. The first-order chi connectivity index (χ1) is 9.36. The highest BCUT2D eigenvalue weighted by Gasteiger charge is 2.04. The number of fused-ring (bicyclic) bond motifs is 1. The number of H-pyrrole nitrogens is 1. The Hall–Kier alpha value is -2.06. The first kappa shape index (κ1) is 12.0.